The molecule has 2 amide bonds. The van der Waals surface area contributed by atoms with Crippen LogP contribution in [0, 0.1) is 11.8 Å². The summed E-state index contributed by atoms with van der Waals surface area (Å²) in [7, 11) is 0. The first-order valence-corrected chi connectivity index (χ1v) is 8.44. The van der Waals surface area contributed by atoms with E-state index in [1.165, 1.54) is 61.6 Å². The summed E-state index contributed by atoms with van der Waals surface area (Å²) in [6.07, 6.45) is 8.88. The normalized spacial score (nSPS) is 20.4. The molecule has 0 heterocycles. The van der Waals surface area contributed by atoms with Crippen molar-refractivity contribution in [3.05, 3.63) is 34.9 Å². The maximum absolute atomic E-state index is 12.1. The highest BCUT2D eigenvalue weighted by atomic mass is 16.2. The molecule has 1 aromatic rings. The number of nitrogens with one attached hydrogen (secondary N) is 2. The third kappa shape index (κ3) is 3.07. The van der Waals surface area contributed by atoms with Crippen LogP contribution in [-0.2, 0) is 19.4 Å². The van der Waals surface area contributed by atoms with Crippen molar-refractivity contribution in [3.8, 4) is 0 Å². The molecule has 21 heavy (non-hydrogen) atoms. The quantitative estimate of drug-likeness (QED) is 0.857. The van der Waals surface area contributed by atoms with E-state index in [1.807, 2.05) is 0 Å². The monoisotopic (exact) mass is 284 g/mol. The van der Waals surface area contributed by atoms with Crippen LogP contribution in [-0.4, -0.2) is 12.1 Å². The molecule has 2 fully saturated rings. The third-order valence-corrected chi connectivity index (χ3v) is 5.17. The van der Waals surface area contributed by atoms with Crippen LogP contribution in [0.15, 0.2) is 18.2 Å². The Morgan fingerprint density at radius 3 is 2.52 bits per heavy atom. The number of carbonyl (C=O) groups excluding carboxylic acids is 1. The SMILES string of the molecule is O=C(NCc1ccc2c(c1)CCC2)NC(C1CC1)C1CC1. The Bertz CT molecular complexity index is 534. The van der Waals surface area contributed by atoms with Gasteiger partial charge >= 0.3 is 6.03 Å². The van der Waals surface area contributed by atoms with Crippen molar-refractivity contribution in [1.82, 2.24) is 10.6 Å². The molecule has 3 aliphatic rings. The van der Waals surface area contributed by atoms with Gasteiger partial charge in [0.15, 0.2) is 0 Å². The van der Waals surface area contributed by atoms with E-state index in [2.05, 4.69) is 28.8 Å². The molecule has 0 atom stereocenters. The first-order valence-electron chi connectivity index (χ1n) is 8.44. The number of hydrogen-bond acceptors (Lipinski definition) is 1. The van der Waals surface area contributed by atoms with Crippen molar-refractivity contribution in [2.45, 2.75) is 57.5 Å². The van der Waals surface area contributed by atoms with Crippen LogP contribution in [0.2, 0.25) is 0 Å². The molecule has 3 aliphatic carbocycles. The zero-order valence-electron chi connectivity index (χ0n) is 12.5. The summed E-state index contributed by atoms with van der Waals surface area (Å²) in [5, 5.41) is 6.25. The van der Waals surface area contributed by atoms with Gasteiger partial charge in [0.05, 0.1) is 0 Å². The van der Waals surface area contributed by atoms with Gasteiger partial charge in [-0.05, 0) is 73.5 Å². The second kappa shape index (κ2) is 5.36. The zero-order chi connectivity index (χ0) is 14.2. The Morgan fingerprint density at radius 1 is 1.10 bits per heavy atom. The third-order valence-electron chi connectivity index (χ3n) is 5.17. The molecule has 2 N–H and O–H groups in total. The lowest BCUT2D eigenvalue weighted by atomic mass is 10.1. The fraction of sp³-hybridized carbons (Fsp3) is 0.611. The summed E-state index contributed by atoms with van der Waals surface area (Å²) in [6, 6.07) is 7.10. The van der Waals surface area contributed by atoms with Crippen LogP contribution in [0.4, 0.5) is 4.79 Å². The molecule has 3 heteroatoms. The van der Waals surface area contributed by atoms with Crippen LogP contribution in [0.1, 0.15) is 48.8 Å². The molecule has 0 aliphatic heterocycles. The maximum Gasteiger partial charge on any atom is 0.315 e. The highest BCUT2D eigenvalue weighted by molar-refractivity contribution is 5.74. The molecule has 1 aromatic carbocycles. The number of urea groups is 1. The second-order valence-corrected chi connectivity index (χ2v) is 6.98. The number of rotatable bonds is 5. The van der Waals surface area contributed by atoms with Gasteiger partial charge in [-0.1, -0.05) is 18.2 Å². The lowest BCUT2D eigenvalue weighted by molar-refractivity contribution is 0.233. The van der Waals surface area contributed by atoms with Gasteiger partial charge in [0, 0.05) is 12.6 Å². The fourth-order valence-corrected chi connectivity index (χ4v) is 3.65. The summed E-state index contributed by atoms with van der Waals surface area (Å²) in [5.41, 5.74) is 4.19. The highest BCUT2D eigenvalue weighted by Gasteiger charge is 2.42. The lowest BCUT2D eigenvalue weighted by Gasteiger charge is -2.18. The standard InChI is InChI=1S/C18H24N2O/c21-18(20-17(14-6-7-14)15-8-9-15)19-11-12-4-5-13-2-1-3-16(13)10-12/h4-5,10,14-15,17H,1-3,6-9,11H2,(H2,19,20,21). The Morgan fingerprint density at radius 2 is 1.81 bits per heavy atom. The largest absolute Gasteiger partial charge is 0.335 e. The summed E-state index contributed by atoms with van der Waals surface area (Å²) < 4.78 is 0. The van der Waals surface area contributed by atoms with Gasteiger partial charge in [-0.15, -0.1) is 0 Å². The van der Waals surface area contributed by atoms with Crippen LogP contribution in [0.25, 0.3) is 0 Å². The number of carbonyl (C=O) groups is 1. The number of fused-ring (bicyclic) bond motifs is 1. The fourth-order valence-electron chi connectivity index (χ4n) is 3.65. The molecule has 0 spiro atoms. The minimum Gasteiger partial charge on any atom is -0.335 e. The first kappa shape index (κ1) is 13.2. The predicted molar refractivity (Wildman–Crippen MR) is 83.1 cm³/mol. The molecule has 0 saturated heterocycles. The molecule has 112 valence electrons. The van der Waals surface area contributed by atoms with Crippen LogP contribution in [0.3, 0.4) is 0 Å². The van der Waals surface area contributed by atoms with Crippen LogP contribution >= 0.6 is 0 Å². The van der Waals surface area contributed by atoms with Crippen LogP contribution in [0.5, 0.6) is 0 Å². The predicted octanol–water partition coefficient (Wildman–Crippen LogP) is 3.16. The van der Waals surface area contributed by atoms with Gasteiger partial charge in [-0.2, -0.15) is 0 Å². The topological polar surface area (TPSA) is 41.1 Å². The average Bonchev–Trinajstić information content (AvgIpc) is 3.40. The Kier molecular flexibility index (Phi) is 3.36. The number of amides is 2. The molecule has 0 unspecified atom stereocenters. The van der Waals surface area contributed by atoms with Crippen molar-refractivity contribution < 1.29 is 4.79 Å². The van der Waals surface area contributed by atoms with E-state index in [-0.39, 0.29) is 6.03 Å². The van der Waals surface area contributed by atoms with Gasteiger partial charge < -0.3 is 10.6 Å². The summed E-state index contributed by atoms with van der Waals surface area (Å²) in [6.45, 7) is 0.640. The summed E-state index contributed by atoms with van der Waals surface area (Å²) in [5.74, 6) is 1.51. The zero-order valence-corrected chi connectivity index (χ0v) is 12.5. The van der Waals surface area contributed by atoms with Gasteiger partial charge in [-0.3, -0.25) is 0 Å². The Labute approximate surface area is 126 Å². The molecule has 4 rings (SSSR count). The van der Waals surface area contributed by atoms with E-state index in [0.717, 1.165) is 11.8 Å². The minimum atomic E-state index is 0.0132. The van der Waals surface area contributed by atoms with Crippen molar-refractivity contribution >= 4 is 6.03 Å². The van der Waals surface area contributed by atoms with Gasteiger partial charge in [-0.25, -0.2) is 4.79 Å². The van der Waals surface area contributed by atoms with E-state index in [4.69, 9.17) is 0 Å². The summed E-state index contributed by atoms with van der Waals surface area (Å²) >= 11 is 0. The number of aryl methyl sites for hydroxylation is 2. The Balaban J connectivity index is 1.30. The van der Waals surface area contributed by atoms with E-state index in [0.29, 0.717) is 12.6 Å². The smallest absolute Gasteiger partial charge is 0.315 e. The molecular weight excluding hydrogens is 260 g/mol. The van der Waals surface area contributed by atoms with Crippen molar-refractivity contribution in [3.63, 3.8) is 0 Å². The van der Waals surface area contributed by atoms with Crippen molar-refractivity contribution in [2.24, 2.45) is 11.8 Å². The van der Waals surface area contributed by atoms with Crippen LogP contribution < -0.4 is 10.6 Å². The lowest BCUT2D eigenvalue weighted by Crippen LogP contribution is -2.44. The molecule has 0 aromatic heterocycles. The van der Waals surface area contributed by atoms with Gasteiger partial charge in [0.2, 0.25) is 0 Å². The summed E-state index contributed by atoms with van der Waals surface area (Å²) in [4.78, 5) is 12.1. The molecule has 3 nitrogen and oxygen atoms in total. The maximum atomic E-state index is 12.1. The van der Waals surface area contributed by atoms with Crippen molar-refractivity contribution in [2.75, 3.05) is 0 Å². The van der Waals surface area contributed by atoms with E-state index >= 15 is 0 Å². The van der Waals surface area contributed by atoms with E-state index < -0.39 is 0 Å². The van der Waals surface area contributed by atoms with Crippen molar-refractivity contribution in [1.29, 1.82) is 0 Å². The molecular formula is C18H24N2O. The van der Waals surface area contributed by atoms with E-state index in [1.54, 1.807) is 0 Å². The average molecular weight is 284 g/mol. The minimum absolute atomic E-state index is 0.0132. The first-order chi connectivity index (χ1) is 10.3. The molecule has 0 radical (unpaired) electrons. The number of hydrogen-bond donors (Lipinski definition) is 2. The second-order valence-electron chi connectivity index (χ2n) is 6.98. The Hall–Kier alpha value is -1.51. The number of benzene rings is 1. The molecule has 0 bridgehead atoms. The van der Waals surface area contributed by atoms with Gasteiger partial charge in [0.25, 0.3) is 0 Å². The van der Waals surface area contributed by atoms with E-state index in [9.17, 15) is 4.79 Å². The highest BCUT2D eigenvalue weighted by Crippen LogP contribution is 2.44. The molecule has 2 saturated carbocycles. The van der Waals surface area contributed by atoms with Gasteiger partial charge in [0.1, 0.15) is 0 Å².